The molecule has 1 fully saturated rings. The molecule has 0 bridgehead atoms. The number of ether oxygens (including phenoxy) is 2. The van der Waals surface area contributed by atoms with E-state index in [9.17, 15) is 9.59 Å². The van der Waals surface area contributed by atoms with E-state index < -0.39 is 0 Å². The van der Waals surface area contributed by atoms with Crippen molar-refractivity contribution >= 4 is 33.4 Å². The quantitative estimate of drug-likeness (QED) is 0.371. The van der Waals surface area contributed by atoms with Crippen LogP contribution in [-0.4, -0.2) is 37.1 Å². The van der Waals surface area contributed by atoms with Gasteiger partial charge in [-0.3, -0.25) is 9.59 Å². The second-order valence-electron chi connectivity index (χ2n) is 9.16. The zero-order valence-electron chi connectivity index (χ0n) is 20.1. The van der Waals surface area contributed by atoms with Gasteiger partial charge < -0.3 is 20.1 Å². The van der Waals surface area contributed by atoms with Crippen molar-refractivity contribution in [1.29, 1.82) is 0 Å². The molecule has 2 atom stereocenters. The number of rotatable bonds is 8. The van der Waals surface area contributed by atoms with E-state index in [1.807, 2.05) is 84.9 Å². The van der Waals surface area contributed by atoms with Crippen molar-refractivity contribution < 1.29 is 19.1 Å². The lowest BCUT2D eigenvalue weighted by Gasteiger charge is -2.32. The van der Waals surface area contributed by atoms with Gasteiger partial charge in [0.1, 0.15) is 11.5 Å². The molecule has 4 aromatic carbocycles. The molecular weight excluding hydrogens is 452 g/mol. The number of hydrogen-bond donors (Lipinski definition) is 2. The smallest absolute Gasteiger partial charge is 0.258 e. The predicted octanol–water partition coefficient (Wildman–Crippen LogP) is 4.99. The number of fused-ring (bicyclic) bond motifs is 2. The largest absolute Gasteiger partial charge is 0.483 e. The molecule has 36 heavy (non-hydrogen) atoms. The Morgan fingerprint density at radius 3 is 1.50 bits per heavy atom. The molecule has 2 amide bonds. The Bertz CT molecular complexity index is 1250. The number of nitrogens with one attached hydrogen (secondary N) is 2. The van der Waals surface area contributed by atoms with Crippen LogP contribution in [0, 0.1) is 0 Å². The van der Waals surface area contributed by atoms with Gasteiger partial charge in [0.25, 0.3) is 11.8 Å². The topological polar surface area (TPSA) is 76.7 Å². The van der Waals surface area contributed by atoms with Crippen LogP contribution in [0.5, 0.6) is 11.5 Å². The molecule has 0 aliphatic heterocycles. The Labute approximate surface area is 210 Å². The van der Waals surface area contributed by atoms with Crippen LogP contribution < -0.4 is 20.1 Å². The lowest BCUT2D eigenvalue weighted by Crippen LogP contribution is -2.54. The van der Waals surface area contributed by atoms with Gasteiger partial charge in [-0.05, 0) is 35.7 Å². The molecule has 1 saturated carbocycles. The van der Waals surface area contributed by atoms with Gasteiger partial charge in [0.05, 0.1) is 0 Å². The Morgan fingerprint density at radius 1 is 0.611 bits per heavy atom. The number of amides is 2. The van der Waals surface area contributed by atoms with Crippen molar-refractivity contribution in [3.63, 3.8) is 0 Å². The summed E-state index contributed by atoms with van der Waals surface area (Å²) in [5.74, 6) is 0.979. The summed E-state index contributed by atoms with van der Waals surface area (Å²) in [6.45, 7) is -0.148. The molecule has 6 heteroatoms. The van der Waals surface area contributed by atoms with Crippen LogP contribution in [0.15, 0.2) is 84.9 Å². The zero-order chi connectivity index (χ0) is 24.7. The highest BCUT2D eigenvalue weighted by Gasteiger charge is 2.28. The van der Waals surface area contributed by atoms with Gasteiger partial charge in [0, 0.05) is 22.9 Å². The molecule has 1 aliphatic rings. The third kappa shape index (κ3) is 5.60. The molecule has 4 aromatic rings. The van der Waals surface area contributed by atoms with Crippen LogP contribution in [0.3, 0.4) is 0 Å². The van der Waals surface area contributed by atoms with Crippen molar-refractivity contribution in [2.45, 2.75) is 37.8 Å². The van der Waals surface area contributed by atoms with Crippen LogP contribution in [0.1, 0.15) is 25.7 Å². The van der Waals surface area contributed by atoms with Crippen LogP contribution in [0.2, 0.25) is 0 Å². The first-order valence-electron chi connectivity index (χ1n) is 12.5. The molecular formula is C30H30N2O4. The van der Waals surface area contributed by atoms with Crippen molar-refractivity contribution in [3.8, 4) is 11.5 Å². The second kappa shape index (κ2) is 11.1. The maximum atomic E-state index is 12.7. The summed E-state index contributed by atoms with van der Waals surface area (Å²) in [6.07, 6.45) is 3.65. The lowest BCUT2D eigenvalue weighted by atomic mass is 9.90. The molecule has 2 N–H and O–H groups in total. The molecule has 0 aromatic heterocycles. The van der Waals surface area contributed by atoms with Crippen LogP contribution in [0.25, 0.3) is 21.5 Å². The van der Waals surface area contributed by atoms with E-state index >= 15 is 0 Å². The number of carbonyl (C=O) groups excluding carboxylic acids is 2. The van der Waals surface area contributed by atoms with Gasteiger partial charge in [0.15, 0.2) is 13.2 Å². The first-order valence-corrected chi connectivity index (χ1v) is 12.5. The van der Waals surface area contributed by atoms with Crippen molar-refractivity contribution in [3.05, 3.63) is 84.9 Å². The number of carbonyl (C=O) groups is 2. The van der Waals surface area contributed by atoms with Gasteiger partial charge in [0.2, 0.25) is 0 Å². The van der Waals surface area contributed by atoms with E-state index in [1.54, 1.807) is 0 Å². The maximum Gasteiger partial charge on any atom is 0.258 e. The molecule has 0 heterocycles. The summed E-state index contributed by atoms with van der Waals surface area (Å²) in [5, 5.41) is 10.2. The van der Waals surface area contributed by atoms with E-state index in [4.69, 9.17) is 9.47 Å². The molecule has 0 saturated heterocycles. The minimum absolute atomic E-state index is 0.0740. The van der Waals surface area contributed by atoms with Crippen LogP contribution in [0.4, 0.5) is 0 Å². The summed E-state index contributed by atoms with van der Waals surface area (Å²) in [7, 11) is 0. The molecule has 5 rings (SSSR count). The Balaban J connectivity index is 1.15. The third-order valence-corrected chi connectivity index (χ3v) is 6.68. The van der Waals surface area contributed by atoms with Gasteiger partial charge >= 0.3 is 0 Å². The SMILES string of the molecule is O=C(COc1cccc2ccccc12)N[C@@H]1CCCC[C@H]1NC(=O)COc1cccc2ccccc12. The molecule has 0 unspecified atom stereocenters. The second-order valence-corrected chi connectivity index (χ2v) is 9.16. The average molecular weight is 483 g/mol. The third-order valence-electron chi connectivity index (χ3n) is 6.68. The number of benzene rings is 4. The maximum absolute atomic E-state index is 12.7. The minimum atomic E-state index is -0.193. The van der Waals surface area contributed by atoms with E-state index in [1.165, 1.54) is 0 Å². The fourth-order valence-electron chi connectivity index (χ4n) is 4.90. The Morgan fingerprint density at radius 2 is 1.03 bits per heavy atom. The van der Waals surface area contributed by atoms with Crippen LogP contribution in [-0.2, 0) is 9.59 Å². The fraction of sp³-hybridized carbons (Fsp3) is 0.267. The van der Waals surface area contributed by atoms with Crippen LogP contribution >= 0.6 is 0 Å². The highest BCUT2D eigenvalue weighted by Crippen LogP contribution is 2.26. The van der Waals surface area contributed by atoms with Crippen molar-refractivity contribution in [2.75, 3.05) is 13.2 Å². The standard InChI is InChI=1S/C30H30N2O4/c33-29(19-35-27-17-7-11-21-9-1-3-13-23(21)27)31-25-15-5-6-16-26(25)32-30(34)20-36-28-18-8-12-22-10-2-4-14-24(22)28/h1-4,7-14,17-18,25-26H,5-6,15-16,19-20H2,(H,31,33)(H,32,34)/t25-,26-/m1/s1. The first kappa shape index (κ1) is 23.7. The van der Waals surface area contributed by atoms with Gasteiger partial charge in [-0.25, -0.2) is 0 Å². The van der Waals surface area contributed by atoms with E-state index in [0.717, 1.165) is 47.2 Å². The van der Waals surface area contributed by atoms with Crippen molar-refractivity contribution in [1.82, 2.24) is 10.6 Å². The summed E-state index contributed by atoms with van der Waals surface area (Å²) in [5.41, 5.74) is 0. The molecule has 184 valence electrons. The van der Waals surface area contributed by atoms with E-state index in [-0.39, 0.29) is 37.1 Å². The number of hydrogen-bond acceptors (Lipinski definition) is 4. The van der Waals surface area contributed by atoms with Gasteiger partial charge in [-0.1, -0.05) is 85.6 Å². The zero-order valence-corrected chi connectivity index (χ0v) is 20.1. The highest BCUT2D eigenvalue weighted by molar-refractivity contribution is 5.89. The Kier molecular flexibility index (Phi) is 7.31. The lowest BCUT2D eigenvalue weighted by molar-refractivity contribution is -0.126. The van der Waals surface area contributed by atoms with E-state index in [2.05, 4.69) is 10.6 Å². The van der Waals surface area contributed by atoms with Gasteiger partial charge in [-0.2, -0.15) is 0 Å². The van der Waals surface area contributed by atoms with E-state index in [0.29, 0.717) is 11.5 Å². The molecule has 6 nitrogen and oxygen atoms in total. The van der Waals surface area contributed by atoms with Gasteiger partial charge in [-0.15, -0.1) is 0 Å². The summed E-state index contributed by atoms with van der Waals surface area (Å²) in [4.78, 5) is 25.4. The van der Waals surface area contributed by atoms with Crippen molar-refractivity contribution in [2.24, 2.45) is 0 Å². The fourth-order valence-corrected chi connectivity index (χ4v) is 4.90. The normalized spacial score (nSPS) is 17.4. The average Bonchev–Trinajstić information content (AvgIpc) is 2.92. The first-order chi connectivity index (χ1) is 17.7. The highest BCUT2D eigenvalue weighted by atomic mass is 16.5. The summed E-state index contributed by atoms with van der Waals surface area (Å²) < 4.78 is 11.7. The molecule has 1 aliphatic carbocycles. The summed E-state index contributed by atoms with van der Waals surface area (Å²) in [6, 6.07) is 27.2. The monoisotopic (exact) mass is 482 g/mol. The Hall–Kier alpha value is -4.06. The predicted molar refractivity (Wildman–Crippen MR) is 141 cm³/mol. The summed E-state index contributed by atoms with van der Waals surface area (Å²) >= 11 is 0. The minimum Gasteiger partial charge on any atom is -0.483 e. The molecule has 0 radical (unpaired) electrons. The molecule has 0 spiro atoms.